The number of benzene rings is 4. The number of thiazole rings is 2. The number of fused-ring (bicyclic) bond motifs is 2. The van der Waals surface area contributed by atoms with Crippen LogP contribution in [-0.4, -0.2) is 125 Å². The van der Waals surface area contributed by atoms with Crippen molar-refractivity contribution in [1.82, 2.24) is 40.2 Å². The van der Waals surface area contributed by atoms with Crippen LogP contribution in [0.5, 0.6) is 0 Å². The number of rotatable bonds is 16. The molecule has 6 amide bonds. The maximum absolute atomic E-state index is 16.7. The Morgan fingerprint density at radius 2 is 1.26 bits per heavy atom. The van der Waals surface area contributed by atoms with E-state index in [1.165, 1.54) is 67.0 Å². The van der Waals surface area contributed by atoms with Crippen LogP contribution in [0, 0.1) is 31.4 Å². The van der Waals surface area contributed by atoms with Gasteiger partial charge in [-0.15, -0.1) is 22.7 Å². The molecule has 6 atom stereocenters. The van der Waals surface area contributed by atoms with Crippen molar-refractivity contribution in [1.29, 1.82) is 0 Å². The molecule has 4 aromatic carbocycles. The van der Waals surface area contributed by atoms with E-state index in [4.69, 9.17) is 0 Å². The number of amides is 6. The maximum atomic E-state index is 16.7. The van der Waals surface area contributed by atoms with E-state index in [2.05, 4.69) is 20.6 Å². The van der Waals surface area contributed by atoms with Gasteiger partial charge < -0.3 is 35.3 Å². The topological polar surface area (TPSA) is 185 Å². The lowest BCUT2D eigenvalue weighted by atomic mass is 9.93. The molecule has 0 saturated carbocycles. The highest BCUT2D eigenvalue weighted by Crippen LogP contribution is 2.39. The highest BCUT2D eigenvalue weighted by Gasteiger charge is 2.49. The van der Waals surface area contributed by atoms with Gasteiger partial charge in [0.1, 0.15) is 35.8 Å². The van der Waals surface area contributed by atoms with Crippen molar-refractivity contribution < 1.29 is 42.7 Å². The first-order valence-corrected chi connectivity index (χ1v) is 28.7. The van der Waals surface area contributed by atoms with Crippen LogP contribution in [0.3, 0.4) is 0 Å². The molecule has 6 aromatic rings. The first-order valence-electron chi connectivity index (χ1n) is 25.5. The summed E-state index contributed by atoms with van der Waals surface area (Å²) in [6.45, 7) is 7.18. The number of aromatic nitrogens is 2. The summed E-state index contributed by atoms with van der Waals surface area (Å²) in [5.74, 6) is -5.32. The Morgan fingerprint density at radius 3 is 1.81 bits per heavy atom. The van der Waals surface area contributed by atoms with Crippen LogP contribution in [-0.2, 0) is 45.4 Å². The molecular weight excluding hydrogens is 1040 g/mol. The second-order valence-corrected chi connectivity index (χ2v) is 23.1. The Labute approximate surface area is 457 Å². The molecule has 2 fully saturated rings. The van der Waals surface area contributed by atoms with E-state index >= 15 is 8.78 Å². The normalized spacial score (nSPS) is 19.8. The summed E-state index contributed by atoms with van der Waals surface area (Å²) in [7, 11) is 0. The lowest BCUT2D eigenvalue weighted by molar-refractivity contribution is -0.143. The van der Waals surface area contributed by atoms with Crippen LogP contribution in [0.25, 0.3) is 20.9 Å². The van der Waals surface area contributed by atoms with Crippen molar-refractivity contribution in [3.63, 3.8) is 0 Å². The van der Waals surface area contributed by atoms with E-state index in [0.717, 1.165) is 43.4 Å². The minimum Gasteiger partial charge on any atom is -0.391 e. The van der Waals surface area contributed by atoms with E-state index in [9.17, 15) is 33.9 Å². The molecule has 10 rings (SSSR count). The molecule has 0 aliphatic carbocycles. The molecule has 15 nitrogen and oxygen atoms in total. The number of thioether (sulfide) groups is 1. The number of aryl methyl sites for hydroxylation is 2. The Bertz CT molecular complexity index is 3280. The van der Waals surface area contributed by atoms with Crippen molar-refractivity contribution in [3.05, 3.63) is 152 Å². The zero-order chi connectivity index (χ0) is 54.4. The lowest BCUT2D eigenvalue weighted by Gasteiger charge is -2.35. The van der Waals surface area contributed by atoms with E-state index in [0.29, 0.717) is 5.56 Å². The summed E-state index contributed by atoms with van der Waals surface area (Å²) in [5, 5.41) is 16.8. The van der Waals surface area contributed by atoms with Crippen molar-refractivity contribution in [2.75, 3.05) is 25.1 Å². The van der Waals surface area contributed by atoms with Gasteiger partial charge in [0.25, 0.3) is 11.8 Å². The third kappa shape index (κ3) is 10.5. The monoisotopic (exact) mass is 1100 g/mol. The minimum absolute atomic E-state index is 0.00244. The molecule has 4 aliphatic heterocycles. The molecule has 0 spiro atoms. The summed E-state index contributed by atoms with van der Waals surface area (Å²) in [5.41, 5.74) is 9.89. The van der Waals surface area contributed by atoms with Crippen LogP contribution in [0.4, 0.5) is 8.78 Å². The number of nitrogens with zero attached hydrogens (tertiary/aromatic N) is 6. The summed E-state index contributed by atoms with van der Waals surface area (Å²) < 4.78 is 31.7. The largest absolute Gasteiger partial charge is 0.391 e. The van der Waals surface area contributed by atoms with Gasteiger partial charge in [-0.25, -0.2) is 18.7 Å². The average molecular weight is 1100 g/mol. The fourth-order valence-electron chi connectivity index (χ4n) is 11.2. The number of likely N-dealkylation sites (tertiary alicyclic amines) is 2. The molecule has 2 aromatic heterocycles. The van der Waals surface area contributed by atoms with Gasteiger partial charge in [0.05, 0.1) is 51.4 Å². The van der Waals surface area contributed by atoms with Gasteiger partial charge in [-0.1, -0.05) is 68.4 Å². The van der Waals surface area contributed by atoms with Gasteiger partial charge in [0, 0.05) is 66.5 Å². The highest BCUT2D eigenvalue weighted by atomic mass is 32.2. The molecule has 4 aliphatic rings. The van der Waals surface area contributed by atoms with Gasteiger partial charge in [-0.05, 0) is 84.5 Å². The highest BCUT2D eigenvalue weighted by molar-refractivity contribution is 7.98. The van der Waals surface area contributed by atoms with Crippen molar-refractivity contribution in [2.24, 2.45) is 5.92 Å². The first-order chi connectivity index (χ1) is 37.0. The molecule has 20 heteroatoms. The van der Waals surface area contributed by atoms with Gasteiger partial charge >= 0.3 is 0 Å². The van der Waals surface area contributed by atoms with E-state index in [-0.39, 0.29) is 80.1 Å². The number of carbonyl (C=O) groups excluding carboxylic acids is 6. The predicted molar refractivity (Wildman–Crippen MR) is 291 cm³/mol. The second-order valence-electron chi connectivity index (χ2n) is 20.5. The minimum atomic E-state index is -1.12. The molecule has 400 valence electrons. The van der Waals surface area contributed by atoms with Crippen LogP contribution >= 0.6 is 34.4 Å². The second kappa shape index (κ2) is 22.2. The van der Waals surface area contributed by atoms with Gasteiger partial charge in [0.2, 0.25) is 23.6 Å². The number of carbonyl (C=O) groups is 6. The van der Waals surface area contributed by atoms with Crippen molar-refractivity contribution in [2.45, 2.75) is 103 Å². The summed E-state index contributed by atoms with van der Waals surface area (Å²) in [6.07, 6.45) is 0.848. The SMILES string of the molecule is CSC[C@@H](C(=O)N1C[C@H](c2cc(F)c3c(c2)C(=O)N([C@H](C(=O)N2C[C@H](O)C[C@H]2C(=O)NCc2ccc(-c4scnc4C)cc2)C(C)C)C3)C[C@H]1C(=O)NCc1ccc(-c2scnc2C)cc1)N1Cc2c(F)cccc2C1=O. The van der Waals surface area contributed by atoms with Crippen molar-refractivity contribution >= 4 is 69.9 Å². The standard InChI is InChI=1S/C57H58F2N8O7S3/c1-30(2)49(57(74)65-24-39(68)20-47(65)53(70)61-22-34-11-15-36(16-12-34)51-32(4)63-29-77-51)67-26-43-41(55(67)72)17-37(18-45(43)59)38-19-46(52(69)60-21-33-9-13-35(14-10-33)50-31(3)62-28-76-50)64(23-38)56(73)48(27-75-5)66-25-42-40(54(66)71)7-6-8-44(42)58/h6-18,28-30,38-39,46-49,68H,19-27H2,1-5H3,(H,60,69)(H,61,70)/t38-,39-,46+,47+,48+,49+/m1/s1. The Morgan fingerprint density at radius 1 is 0.714 bits per heavy atom. The molecular formula is C57H58F2N8O7S3. The average Bonchev–Trinajstić information content (AvgIpc) is 4.32. The summed E-state index contributed by atoms with van der Waals surface area (Å²) in [6, 6.07) is 18.3. The smallest absolute Gasteiger partial charge is 0.255 e. The number of nitrogens with one attached hydrogen (secondary N) is 2. The fraction of sp³-hybridized carbons (Fsp3) is 0.368. The number of hydrogen-bond acceptors (Lipinski definition) is 12. The Hall–Kier alpha value is -6.87. The van der Waals surface area contributed by atoms with Crippen LogP contribution < -0.4 is 10.6 Å². The lowest BCUT2D eigenvalue weighted by Crippen LogP contribution is -2.55. The number of β-amino-alcohol motifs (C(OH)–C–C–N with tert-alkyl or cyclic N) is 1. The zero-order valence-corrected chi connectivity index (χ0v) is 45.6. The molecule has 2 saturated heterocycles. The quantitative estimate of drug-likeness (QED) is 0.0878. The Balaban J connectivity index is 0.871. The van der Waals surface area contributed by atoms with E-state index in [1.807, 2.05) is 62.4 Å². The third-order valence-corrected chi connectivity index (χ3v) is 17.9. The van der Waals surface area contributed by atoms with Crippen LogP contribution in [0.2, 0.25) is 0 Å². The number of hydrogen-bond donors (Lipinski definition) is 3. The van der Waals surface area contributed by atoms with Gasteiger partial charge in [-0.2, -0.15) is 11.8 Å². The molecule has 0 radical (unpaired) electrons. The zero-order valence-electron chi connectivity index (χ0n) is 43.1. The molecule has 6 heterocycles. The van der Waals surface area contributed by atoms with Crippen molar-refractivity contribution in [3.8, 4) is 20.9 Å². The Kier molecular flexibility index (Phi) is 15.5. The molecule has 77 heavy (non-hydrogen) atoms. The predicted octanol–water partition coefficient (Wildman–Crippen LogP) is 7.48. The van der Waals surface area contributed by atoms with Gasteiger partial charge in [0.15, 0.2) is 0 Å². The van der Waals surface area contributed by atoms with Crippen LogP contribution in [0.15, 0.2) is 89.9 Å². The number of aliphatic hydroxyl groups excluding tert-OH is 1. The summed E-state index contributed by atoms with van der Waals surface area (Å²) in [4.78, 5) is 103. The van der Waals surface area contributed by atoms with E-state index in [1.54, 1.807) is 48.5 Å². The molecule has 0 bridgehead atoms. The van der Waals surface area contributed by atoms with E-state index < -0.39 is 89.2 Å². The van der Waals surface area contributed by atoms with Crippen LogP contribution in [0.1, 0.15) is 92.5 Å². The molecule has 3 N–H and O–H groups in total. The summed E-state index contributed by atoms with van der Waals surface area (Å²) >= 11 is 4.40. The number of aliphatic hydroxyl groups is 1. The number of halogens is 2. The first kappa shape index (κ1) is 53.5. The maximum Gasteiger partial charge on any atom is 0.255 e. The van der Waals surface area contributed by atoms with Gasteiger partial charge in [-0.3, -0.25) is 28.8 Å². The molecule has 0 unspecified atom stereocenters. The fourth-order valence-corrected chi connectivity index (χ4v) is 13.5. The third-order valence-electron chi connectivity index (χ3n) is 15.3.